The second kappa shape index (κ2) is 17.3. The maximum atomic E-state index is 15.0. The molecule has 2 aliphatic rings. The fourth-order valence-corrected chi connectivity index (χ4v) is 7.26. The predicted octanol–water partition coefficient (Wildman–Crippen LogP) is 3.43. The molecule has 5 rings (SSSR count). The standard InChI is InChI=1S/C40H48F2N6O6/c1-40(2,3)37(33-20-27(30-21-28(41)10-12-31(30)42)23-46(33)22-25-7-5-4-6-8-25)48(36(52)24-49)17-15-32(43)39(54)45-29-11-9-26(19-29)38(53)44-16-18-47-34(50)13-14-35(47)51/h4-8,10,12-14,20-21,23,26,29,32,37,49H,9,11,15-19,22,24,43H2,1-3H3,(H,44,53)(H,45,54)/t26-,29+,32+,37+/m1/s1. The van der Waals surface area contributed by atoms with Crippen molar-refractivity contribution < 1.29 is 37.9 Å². The highest BCUT2D eigenvalue weighted by atomic mass is 19.1. The van der Waals surface area contributed by atoms with Gasteiger partial charge >= 0.3 is 0 Å². The molecule has 3 aromatic rings. The lowest BCUT2D eigenvalue weighted by Crippen LogP contribution is -2.49. The van der Waals surface area contributed by atoms with Gasteiger partial charge in [0.25, 0.3) is 11.8 Å². The van der Waals surface area contributed by atoms with Gasteiger partial charge in [0.2, 0.25) is 17.7 Å². The molecule has 0 spiro atoms. The third kappa shape index (κ3) is 9.66. The van der Waals surface area contributed by atoms with Crippen LogP contribution in [-0.4, -0.2) is 87.3 Å². The minimum atomic E-state index is -1.02. The molecule has 1 aromatic heterocycles. The Balaban J connectivity index is 1.28. The number of aliphatic hydroxyl groups excluding tert-OH is 1. The number of nitrogens with one attached hydrogen (secondary N) is 2. The zero-order valence-corrected chi connectivity index (χ0v) is 30.8. The van der Waals surface area contributed by atoms with E-state index in [0.717, 1.165) is 28.7 Å². The molecule has 12 nitrogen and oxygen atoms in total. The Morgan fingerprint density at radius 1 is 1.02 bits per heavy atom. The van der Waals surface area contributed by atoms with Gasteiger partial charge in [-0.2, -0.15) is 0 Å². The number of carbonyl (C=O) groups is 5. The Morgan fingerprint density at radius 2 is 1.72 bits per heavy atom. The van der Waals surface area contributed by atoms with E-state index in [9.17, 15) is 33.5 Å². The van der Waals surface area contributed by atoms with E-state index >= 15 is 4.39 Å². The molecular weight excluding hydrogens is 698 g/mol. The number of carbonyl (C=O) groups excluding carboxylic acids is 5. The summed E-state index contributed by atoms with van der Waals surface area (Å²) in [5.41, 5.74) is 7.77. The molecule has 54 heavy (non-hydrogen) atoms. The molecule has 0 unspecified atom stereocenters. The topological polar surface area (TPSA) is 167 Å². The van der Waals surface area contributed by atoms with Crippen molar-refractivity contribution in [2.45, 2.75) is 71.1 Å². The zero-order chi connectivity index (χ0) is 39.2. The molecule has 1 aliphatic carbocycles. The maximum Gasteiger partial charge on any atom is 0.253 e. The Morgan fingerprint density at radius 3 is 2.39 bits per heavy atom. The van der Waals surface area contributed by atoms with Crippen molar-refractivity contribution in [1.29, 1.82) is 0 Å². The summed E-state index contributed by atoms with van der Waals surface area (Å²) in [6.07, 6.45) is 5.62. The van der Waals surface area contributed by atoms with Gasteiger partial charge in [0.05, 0.1) is 12.1 Å². The van der Waals surface area contributed by atoms with Gasteiger partial charge in [-0.15, -0.1) is 0 Å². The first-order valence-electron chi connectivity index (χ1n) is 18.1. The molecule has 1 fully saturated rings. The maximum absolute atomic E-state index is 15.0. The predicted molar refractivity (Wildman–Crippen MR) is 197 cm³/mol. The Kier molecular flexibility index (Phi) is 12.8. The van der Waals surface area contributed by atoms with Crippen LogP contribution in [0.5, 0.6) is 0 Å². The lowest BCUT2D eigenvalue weighted by molar-refractivity contribution is -0.140. The fourth-order valence-electron chi connectivity index (χ4n) is 7.26. The molecule has 288 valence electrons. The summed E-state index contributed by atoms with van der Waals surface area (Å²) in [5, 5.41) is 15.8. The molecule has 0 saturated heterocycles. The summed E-state index contributed by atoms with van der Waals surface area (Å²) in [6, 6.07) is 12.5. The van der Waals surface area contributed by atoms with Gasteiger partial charge in [0, 0.05) is 73.3 Å². The van der Waals surface area contributed by atoms with Crippen LogP contribution in [0.2, 0.25) is 0 Å². The van der Waals surface area contributed by atoms with Gasteiger partial charge in [-0.1, -0.05) is 51.1 Å². The Labute approximate surface area is 313 Å². The lowest BCUT2D eigenvalue weighted by atomic mass is 9.82. The van der Waals surface area contributed by atoms with Gasteiger partial charge < -0.3 is 30.9 Å². The van der Waals surface area contributed by atoms with E-state index in [4.69, 9.17) is 5.73 Å². The first kappa shape index (κ1) is 40.0. The number of hydrogen-bond donors (Lipinski definition) is 4. The molecule has 0 radical (unpaired) electrons. The molecule has 0 bridgehead atoms. The second-order valence-corrected chi connectivity index (χ2v) is 15.0. The SMILES string of the molecule is CC(C)(C)[C@H](c1cc(-c2cc(F)ccc2F)cn1Cc1ccccc1)N(CC[C@H](N)C(=O)N[C@H]1CC[C@@H](C(=O)NCCN2C(=O)C=CC2=O)C1)C(=O)CO. The van der Waals surface area contributed by atoms with Crippen LogP contribution in [0.1, 0.15) is 63.8 Å². The molecule has 4 atom stereocenters. The number of hydrogen-bond acceptors (Lipinski definition) is 7. The molecule has 2 aromatic carbocycles. The van der Waals surface area contributed by atoms with Crippen LogP contribution >= 0.6 is 0 Å². The first-order valence-corrected chi connectivity index (χ1v) is 18.1. The first-order chi connectivity index (χ1) is 25.7. The van der Waals surface area contributed by atoms with Crippen molar-refractivity contribution in [2.24, 2.45) is 17.1 Å². The van der Waals surface area contributed by atoms with Crippen molar-refractivity contribution in [2.75, 3.05) is 26.2 Å². The molecule has 2 heterocycles. The fraction of sp³-hybridized carbons (Fsp3) is 0.425. The van der Waals surface area contributed by atoms with E-state index in [1.165, 1.54) is 17.1 Å². The number of aromatic nitrogens is 1. The smallest absolute Gasteiger partial charge is 0.253 e. The average molecular weight is 747 g/mol. The number of nitrogens with two attached hydrogens (primary N) is 1. The summed E-state index contributed by atoms with van der Waals surface area (Å²) < 4.78 is 31.3. The minimum Gasteiger partial charge on any atom is -0.387 e. The average Bonchev–Trinajstić information content (AvgIpc) is 3.86. The van der Waals surface area contributed by atoms with Crippen molar-refractivity contribution >= 4 is 29.5 Å². The third-order valence-electron chi connectivity index (χ3n) is 9.94. The van der Waals surface area contributed by atoms with E-state index in [-0.39, 0.29) is 49.5 Å². The number of amides is 5. The monoisotopic (exact) mass is 746 g/mol. The van der Waals surface area contributed by atoms with E-state index in [2.05, 4.69) is 10.6 Å². The van der Waals surface area contributed by atoms with Gasteiger partial charge in [-0.25, -0.2) is 8.78 Å². The number of imide groups is 1. The van der Waals surface area contributed by atoms with Crippen LogP contribution in [0, 0.1) is 23.0 Å². The van der Waals surface area contributed by atoms with Gasteiger partial charge in [0.1, 0.15) is 18.2 Å². The van der Waals surface area contributed by atoms with Crippen LogP contribution in [0.15, 0.2) is 72.9 Å². The van der Waals surface area contributed by atoms with Gasteiger partial charge in [-0.3, -0.25) is 28.9 Å². The van der Waals surface area contributed by atoms with Gasteiger partial charge in [0.15, 0.2) is 0 Å². The summed E-state index contributed by atoms with van der Waals surface area (Å²) in [5.74, 6) is -3.67. The summed E-state index contributed by atoms with van der Waals surface area (Å²) >= 11 is 0. The highest BCUT2D eigenvalue weighted by Gasteiger charge is 2.38. The molecule has 1 saturated carbocycles. The van der Waals surface area contributed by atoms with Crippen molar-refractivity contribution in [3.05, 3.63) is 95.8 Å². The summed E-state index contributed by atoms with van der Waals surface area (Å²) in [4.78, 5) is 65.6. The third-order valence-corrected chi connectivity index (χ3v) is 9.94. The highest BCUT2D eigenvalue weighted by molar-refractivity contribution is 6.12. The van der Waals surface area contributed by atoms with Crippen LogP contribution in [0.25, 0.3) is 11.1 Å². The number of nitrogens with zero attached hydrogens (tertiary/aromatic N) is 3. The van der Waals surface area contributed by atoms with Crippen LogP contribution < -0.4 is 16.4 Å². The molecule has 1 aliphatic heterocycles. The number of aliphatic hydroxyl groups is 1. The van der Waals surface area contributed by atoms with Gasteiger partial charge in [-0.05, 0) is 60.9 Å². The highest BCUT2D eigenvalue weighted by Crippen LogP contribution is 2.41. The largest absolute Gasteiger partial charge is 0.387 e. The molecular formula is C40H48F2N6O6. The number of halogens is 2. The minimum absolute atomic E-state index is 0.00331. The molecule has 5 N–H and O–H groups in total. The van der Waals surface area contributed by atoms with Crippen molar-refractivity contribution in [3.8, 4) is 11.1 Å². The molecule has 14 heteroatoms. The normalized spacial score (nSPS) is 18.2. The Hall–Kier alpha value is -5.21. The van der Waals surface area contributed by atoms with Crippen molar-refractivity contribution in [1.82, 2.24) is 25.0 Å². The second-order valence-electron chi connectivity index (χ2n) is 15.0. The quantitative estimate of drug-likeness (QED) is 0.173. The number of benzene rings is 2. The molecule has 5 amide bonds. The zero-order valence-electron chi connectivity index (χ0n) is 30.8. The van der Waals surface area contributed by atoms with E-state index in [1.807, 2.05) is 55.7 Å². The Bertz CT molecular complexity index is 1870. The van der Waals surface area contributed by atoms with E-state index < -0.39 is 59.4 Å². The van der Waals surface area contributed by atoms with E-state index in [1.54, 1.807) is 12.3 Å². The van der Waals surface area contributed by atoms with Crippen LogP contribution in [-0.2, 0) is 30.5 Å². The lowest BCUT2D eigenvalue weighted by Gasteiger charge is -2.41. The summed E-state index contributed by atoms with van der Waals surface area (Å²) in [6.45, 7) is 5.54. The van der Waals surface area contributed by atoms with Crippen LogP contribution in [0.4, 0.5) is 8.78 Å². The van der Waals surface area contributed by atoms with Crippen molar-refractivity contribution in [3.63, 3.8) is 0 Å². The van der Waals surface area contributed by atoms with Crippen LogP contribution in [0.3, 0.4) is 0 Å². The summed E-state index contributed by atoms with van der Waals surface area (Å²) in [7, 11) is 0. The number of rotatable bonds is 15. The van der Waals surface area contributed by atoms with E-state index in [0.29, 0.717) is 37.1 Å².